The van der Waals surface area contributed by atoms with E-state index in [0.717, 1.165) is 37.1 Å². The monoisotopic (exact) mass is 602 g/mol. The van der Waals surface area contributed by atoms with E-state index < -0.39 is 47.8 Å². The van der Waals surface area contributed by atoms with Gasteiger partial charge in [0.25, 0.3) is 0 Å². The first kappa shape index (κ1) is 30.9. The van der Waals surface area contributed by atoms with Crippen LogP contribution in [0.15, 0.2) is 72.8 Å². The van der Waals surface area contributed by atoms with E-state index in [4.69, 9.17) is 0 Å². The first-order chi connectivity index (χ1) is 19.8. The van der Waals surface area contributed by atoms with Gasteiger partial charge in [0.15, 0.2) is 0 Å². The molecule has 0 aliphatic heterocycles. The predicted molar refractivity (Wildman–Crippen MR) is 136 cm³/mol. The van der Waals surface area contributed by atoms with Crippen molar-refractivity contribution in [1.82, 2.24) is 10.6 Å². The van der Waals surface area contributed by atoms with Gasteiger partial charge in [0.1, 0.15) is 17.3 Å². The highest BCUT2D eigenvalue weighted by Gasteiger charge is 2.45. The second-order valence-corrected chi connectivity index (χ2v) is 9.86. The van der Waals surface area contributed by atoms with Crippen molar-refractivity contribution < 1.29 is 49.4 Å². The summed E-state index contributed by atoms with van der Waals surface area (Å²) in [5, 5.41) is 5.59. The van der Waals surface area contributed by atoms with E-state index in [1.165, 1.54) is 12.1 Å². The van der Waals surface area contributed by atoms with Crippen molar-refractivity contribution in [2.75, 3.05) is 0 Å². The van der Waals surface area contributed by atoms with Crippen molar-refractivity contribution in [3.63, 3.8) is 0 Å². The minimum atomic E-state index is -4.99. The molecule has 1 aliphatic rings. The van der Waals surface area contributed by atoms with Crippen LogP contribution in [0.1, 0.15) is 42.4 Å². The maximum absolute atomic E-state index is 14.9. The summed E-state index contributed by atoms with van der Waals surface area (Å²) in [4.78, 5) is 13.4. The number of rotatable bonds is 10. The lowest BCUT2D eigenvalue weighted by molar-refractivity contribution is -0.274. The molecule has 1 fully saturated rings. The maximum atomic E-state index is 14.9. The zero-order chi connectivity index (χ0) is 30.5. The first-order valence-electron chi connectivity index (χ1n) is 12.9. The highest BCUT2D eigenvalue weighted by molar-refractivity contribution is 5.76. The molecule has 13 heteroatoms. The Labute approximate surface area is 235 Å². The maximum Gasteiger partial charge on any atom is 0.573 e. The van der Waals surface area contributed by atoms with Crippen molar-refractivity contribution in [1.29, 1.82) is 0 Å². The molecule has 2 N–H and O–H groups in total. The fourth-order valence-corrected chi connectivity index (χ4v) is 4.96. The van der Waals surface area contributed by atoms with E-state index in [1.54, 1.807) is 30.3 Å². The van der Waals surface area contributed by atoms with Crippen LogP contribution in [0.2, 0.25) is 0 Å². The number of ether oxygens (including phenoxy) is 2. The molecule has 0 saturated heterocycles. The Bertz CT molecular complexity index is 1350. The van der Waals surface area contributed by atoms with Gasteiger partial charge >= 0.3 is 24.9 Å². The highest BCUT2D eigenvalue weighted by Crippen LogP contribution is 2.39. The Morgan fingerprint density at radius 3 is 2.07 bits per heavy atom. The van der Waals surface area contributed by atoms with E-state index in [2.05, 4.69) is 20.1 Å². The number of carbonyl (C=O) groups is 1. The van der Waals surface area contributed by atoms with Crippen molar-refractivity contribution in [2.45, 2.75) is 62.6 Å². The molecule has 4 rings (SSSR count). The van der Waals surface area contributed by atoms with Crippen LogP contribution in [0.4, 0.5) is 39.9 Å². The molecule has 3 aromatic rings. The number of benzene rings is 3. The Kier molecular flexibility index (Phi) is 9.17. The lowest BCUT2D eigenvalue weighted by atomic mass is 9.77. The van der Waals surface area contributed by atoms with Crippen LogP contribution in [0.25, 0.3) is 0 Å². The summed E-state index contributed by atoms with van der Waals surface area (Å²) < 4.78 is 115. The van der Waals surface area contributed by atoms with Gasteiger partial charge in [-0.15, -0.1) is 13.2 Å². The standard InChI is InChI=1S/C29H26F8N2O3/c30-21-14-20(15-24(16-21)41-28(33,34)25(31)32)27(17-18-6-2-1-3-7-18,39-26(40)38-22-8-4-5-9-22)19-10-12-23(13-11-19)42-29(35,36)37/h1-3,6-7,10-16,22,25H,4-5,8-9,17H2,(H2,38,39,40)/t27-/m0/s1. The molecule has 1 saturated carbocycles. The lowest BCUT2D eigenvalue weighted by Crippen LogP contribution is -2.53. The fourth-order valence-electron chi connectivity index (χ4n) is 4.96. The minimum Gasteiger partial charge on any atom is -0.428 e. The third-order valence-corrected chi connectivity index (χ3v) is 6.78. The Balaban J connectivity index is 1.87. The van der Waals surface area contributed by atoms with Crippen LogP contribution in [0.5, 0.6) is 11.5 Å². The number of hydrogen-bond donors (Lipinski definition) is 2. The first-order valence-corrected chi connectivity index (χ1v) is 12.9. The van der Waals surface area contributed by atoms with Gasteiger partial charge in [0.05, 0.1) is 5.54 Å². The molecule has 1 atom stereocenters. The summed E-state index contributed by atoms with van der Waals surface area (Å²) in [5.41, 5.74) is -1.35. The minimum absolute atomic E-state index is 0.111. The summed E-state index contributed by atoms with van der Waals surface area (Å²) in [6.45, 7) is 0. The molecule has 42 heavy (non-hydrogen) atoms. The van der Waals surface area contributed by atoms with Gasteiger partial charge in [-0.3, -0.25) is 0 Å². The van der Waals surface area contributed by atoms with E-state index in [-0.39, 0.29) is 23.6 Å². The van der Waals surface area contributed by atoms with Crippen LogP contribution in [-0.4, -0.2) is 31.0 Å². The number of nitrogens with one attached hydrogen (secondary N) is 2. The van der Waals surface area contributed by atoms with Gasteiger partial charge in [-0.25, -0.2) is 9.18 Å². The summed E-state index contributed by atoms with van der Waals surface area (Å²) in [6.07, 6.45) is -11.2. The summed E-state index contributed by atoms with van der Waals surface area (Å²) in [6, 6.07) is 14.0. The molecule has 0 spiro atoms. The molecule has 0 unspecified atom stereocenters. The quantitative estimate of drug-likeness (QED) is 0.234. The van der Waals surface area contributed by atoms with Crippen molar-refractivity contribution >= 4 is 6.03 Å². The molecule has 5 nitrogen and oxygen atoms in total. The molecule has 0 radical (unpaired) electrons. The second kappa shape index (κ2) is 12.5. The van der Waals surface area contributed by atoms with E-state index in [1.807, 2.05) is 0 Å². The average molecular weight is 603 g/mol. The number of alkyl halides is 7. The molecule has 2 amide bonds. The van der Waals surface area contributed by atoms with Gasteiger partial charge in [-0.05, 0) is 53.8 Å². The molecular weight excluding hydrogens is 576 g/mol. The Hall–Kier alpha value is -4.03. The molecule has 3 aromatic carbocycles. The van der Waals surface area contributed by atoms with Crippen LogP contribution < -0.4 is 20.1 Å². The molecule has 0 heterocycles. The molecule has 1 aliphatic carbocycles. The second-order valence-electron chi connectivity index (χ2n) is 9.86. The van der Waals surface area contributed by atoms with Crippen LogP contribution in [0.3, 0.4) is 0 Å². The van der Waals surface area contributed by atoms with Gasteiger partial charge < -0.3 is 20.1 Å². The topological polar surface area (TPSA) is 59.6 Å². The number of amides is 2. The summed E-state index contributed by atoms with van der Waals surface area (Å²) in [5.74, 6) is -2.70. The van der Waals surface area contributed by atoms with E-state index in [9.17, 15) is 39.9 Å². The zero-order valence-electron chi connectivity index (χ0n) is 21.9. The smallest absolute Gasteiger partial charge is 0.428 e. The zero-order valence-corrected chi connectivity index (χ0v) is 21.9. The normalized spacial score (nSPS) is 15.7. The number of halogens is 8. The van der Waals surface area contributed by atoms with Crippen molar-refractivity contribution in [2.24, 2.45) is 0 Å². The van der Waals surface area contributed by atoms with Gasteiger partial charge in [0, 0.05) is 18.5 Å². The Morgan fingerprint density at radius 1 is 0.833 bits per heavy atom. The predicted octanol–water partition coefficient (Wildman–Crippen LogP) is 7.69. The van der Waals surface area contributed by atoms with Crippen molar-refractivity contribution in [3.05, 3.63) is 95.3 Å². The van der Waals surface area contributed by atoms with Crippen LogP contribution in [0, 0.1) is 5.82 Å². The van der Waals surface area contributed by atoms with E-state index in [0.29, 0.717) is 24.5 Å². The van der Waals surface area contributed by atoms with Gasteiger partial charge in [-0.2, -0.15) is 17.6 Å². The van der Waals surface area contributed by atoms with Crippen molar-refractivity contribution in [3.8, 4) is 11.5 Å². The molecular formula is C29H26F8N2O3. The number of carbonyl (C=O) groups excluding carboxylic acids is 1. The largest absolute Gasteiger partial charge is 0.573 e. The number of urea groups is 1. The van der Waals surface area contributed by atoms with Gasteiger partial charge in [0.2, 0.25) is 0 Å². The molecule has 0 aromatic heterocycles. The average Bonchev–Trinajstić information content (AvgIpc) is 3.40. The van der Waals surface area contributed by atoms with Crippen LogP contribution >= 0.6 is 0 Å². The third-order valence-electron chi connectivity index (χ3n) is 6.78. The SMILES string of the molecule is O=C(NC1CCCC1)N[C@@](Cc1ccccc1)(c1ccc(OC(F)(F)F)cc1)c1cc(F)cc(OC(F)(F)C(F)F)c1. The highest BCUT2D eigenvalue weighted by atomic mass is 19.4. The molecule has 226 valence electrons. The number of hydrogen-bond acceptors (Lipinski definition) is 3. The Morgan fingerprint density at radius 2 is 1.48 bits per heavy atom. The summed E-state index contributed by atoms with van der Waals surface area (Å²) >= 11 is 0. The lowest BCUT2D eigenvalue weighted by Gasteiger charge is -2.37. The molecule has 0 bridgehead atoms. The van der Waals surface area contributed by atoms with Crippen LogP contribution in [-0.2, 0) is 12.0 Å². The third kappa shape index (κ3) is 7.83. The summed E-state index contributed by atoms with van der Waals surface area (Å²) in [7, 11) is 0. The van der Waals surface area contributed by atoms with Gasteiger partial charge in [-0.1, -0.05) is 55.3 Å². The van der Waals surface area contributed by atoms with E-state index >= 15 is 0 Å². The fraction of sp³-hybridized carbons (Fsp3) is 0.345.